The second kappa shape index (κ2) is 9.46. The van der Waals surface area contributed by atoms with Crippen molar-refractivity contribution >= 4 is 45.3 Å². The number of anilines is 2. The molecule has 2 aromatic heterocycles. The number of hydrogen-bond donors (Lipinski definition) is 1. The monoisotopic (exact) mass is 456 g/mol. The summed E-state index contributed by atoms with van der Waals surface area (Å²) in [6.45, 7) is 2.07. The van der Waals surface area contributed by atoms with Gasteiger partial charge in [-0.1, -0.05) is 46.9 Å². The van der Waals surface area contributed by atoms with Crippen molar-refractivity contribution in [2.75, 3.05) is 19.5 Å². The van der Waals surface area contributed by atoms with Crippen LogP contribution in [0.4, 0.5) is 10.8 Å². The Morgan fingerprint density at radius 3 is 2.63 bits per heavy atom. The lowest BCUT2D eigenvalue weighted by Gasteiger charge is -2.10. The first-order valence-corrected chi connectivity index (χ1v) is 11.8. The fraction of sp³-hybridized carbons (Fsp3) is 0.190. The molecule has 2 heterocycles. The van der Waals surface area contributed by atoms with E-state index < -0.39 is 0 Å². The molecule has 0 spiro atoms. The van der Waals surface area contributed by atoms with E-state index in [-0.39, 0.29) is 0 Å². The number of thiazole rings is 1. The predicted molar refractivity (Wildman–Crippen MR) is 125 cm³/mol. The van der Waals surface area contributed by atoms with Crippen molar-refractivity contribution in [3.8, 4) is 22.1 Å². The van der Waals surface area contributed by atoms with Crippen molar-refractivity contribution < 1.29 is 9.47 Å². The summed E-state index contributed by atoms with van der Waals surface area (Å²) in [5.74, 6) is 2.12. The van der Waals surface area contributed by atoms with Gasteiger partial charge in [-0.15, -0.1) is 21.5 Å². The van der Waals surface area contributed by atoms with E-state index >= 15 is 0 Å². The highest BCUT2D eigenvalue weighted by molar-refractivity contribution is 8.00. The molecule has 9 heteroatoms. The summed E-state index contributed by atoms with van der Waals surface area (Å²) in [4.78, 5) is 4.77. The highest BCUT2D eigenvalue weighted by atomic mass is 32.2. The molecule has 154 valence electrons. The topological polar surface area (TPSA) is 69.2 Å². The average Bonchev–Trinajstić information content (AvgIpc) is 3.42. The van der Waals surface area contributed by atoms with E-state index in [9.17, 15) is 0 Å². The minimum atomic E-state index is 0.698. The standard InChI is InChI=1S/C21H20N4O2S3/c1-13-7-9-14(10-8-13)23-20-24-25-21(30-20)29-12-15-11-28-19(22-15)16-5-4-6-17(26-2)18(16)27-3/h4-11H,12H2,1-3H3,(H,23,24). The van der Waals surface area contributed by atoms with E-state index in [1.807, 2.05) is 30.3 Å². The summed E-state index contributed by atoms with van der Waals surface area (Å²) in [6.07, 6.45) is 0. The molecule has 0 aliphatic rings. The van der Waals surface area contributed by atoms with Crippen LogP contribution in [0.3, 0.4) is 0 Å². The highest BCUT2D eigenvalue weighted by Crippen LogP contribution is 2.39. The van der Waals surface area contributed by atoms with Gasteiger partial charge in [-0.25, -0.2) is 4.98 Å². The summed E-state index contributed by atoms with van der Waals surface area (Å²) in [6, 6.07) is 14.0. The zero-order valence-corrected chi connectivity index (χ0v) is 19.2. The summed E-state index contributed by atoms with van der Waals surface area (Å²) in [5, 5.41) is 15.5. The number of aromatic nitrogens is 3. The van der Waals surface area contributed by atoms with E-state index in [4.69, 9.17) is 14.5 Å². The molecule has 4 aromatic rings. The Morgan fingerprint density at radius 1 is 1.03 bits per heavy atom. The molecule has 0 saturated carbocycles. The Labute approximate surface area is 187 Å². The largest absolute Gasteiger partial charge is 0.493 e. The Bertz CT molecular complexity index is 1130. The Hall–Kier alpha value is -2.62. The lowest BCUT2D eigenvalue weighted by atomic mass is 10.2. The molecule has 0 aliphatic heterocycles. The molecule has 0 bridgehead atoms. The van der Waals surface area contributed by atoms with Gasteiger partial charge in [0.05, 0.1) is 25.5 Å². The molecule has 1 N–H and O–H groups in total. The Morgan fingerprint density at radius 2 is 1.87 bits per heavy atom. The van der Waals surface area contributed by atoms with Crippen molar-refractivity contribution in [2.24, 2.45) is 0 Å². The SMILES string of the molecule is COc1cccc(-c2nc(CSc3nnc(Nc4ccc(C)cc4)s3)cs2)c1OC. The van der Waals surface area contributed by atoms with Crippen molar-refractivity contribution in [3.63, 3.8) is 0 Å². The van der Waals surface area contributed by atoms with Gasteiger partial charge in [0.25, 0.3) is 0 Å². The zero-order chi connectivity index (χ0) is 20.9. The highest BCUT2D eigenvalue weighted by Gasteiger charge is 2.15. The quantitative estimate of drug-likeness (QED) is 0.325. The Balaban J connectivity index is 1.41. The molecule has 30 heavy (non-hydrogen) atoms. The summed E-state index contributed by atoms with van der Waals surface area (Å²) < 4.78 is 11.8. The first kappa shape index (κ1) is 20.6. The van der Waals surface area contributed by atoms with Gasteiger partial charge in [0.2, 0.25) is 5.13 Å². The molecule has 0 atom stereocenters. The zero-order valence-electron chi connectivity index (χ0n) is 16.7. The first-order chi connectivity index (χ1) is 14.7. The Kier molecular flexibility index (Phi) is 6.51. The lowest BCUT2D eigenvalue weighted by Crippen LogP contribution is -1.93. The number of methoxy groups -OCH3 is 2. The normalized spacial score (nSPS) is 10.8. The molecule has 0 amide bonds. The number of thioether (sulfide) groups is 1. The molecule has 0 radical (unpaired) electrons. The number of nitrogens with zero attached hydrogens (tertiary/aromatic N) is 3. The maximum atomic E-state index is 5.53. The maximum Gasteiger partial charge on any atom is 0.210 e. The van der Waals surface area contributed by atoms with Crippen molar-refractivity contribution in [2.45, 2.75) is 17.0 Å². The van der Waals surface area contributed by atoms with Gasteiger partial charge in [-0.2, -0.15) is 0 Å². The fourth-order valence-electron chi connectivity index (χ4n) is 2.77. The van der Waals surface area contributed by atoms with Gasteiger partial charge in [0, 0.05) is 16.8 Å². The van der Waals surface area contributed by atoms with Crippen molar-refractivity contribution in [1.29, 1.82) is 0 Å². The van der Waals surface area contributed by atoms with Gasteiger partial charge in [0.15, 0.2) is 15.8 Å². The number of nitrogens with one attached hydrogen (secondary N) is 1. The summed E-state index contributed by atoms with van der Waals surface area (Å²) in [7, 11) is 3.28. The number of para-hydroxylation sites is 1. The van der Waals surface area contributed by atoms with E-state index in [0.29, 0.717) is 11.5 Å². The van der Waals surface area contributed by atoms with E-state index in [1.54, 1.807) is 37.3 Å². The van der Waals surface area contributed by atoms with Crippen molar-refractivity contribution in [3.05, 3.63) is 59.1 Å². The van der Waals surface area contributed by atoms with E-state index in [2.05, 4.69) is 40.0 Å². The second-order valence-corrected chi connectivity index (χ2v) is 9.40. The van der Waals surface area contributed by atoms with Gasteiger partial charge < -0.3 is 14.8 Å². The van der Waals surface area contributed by atoms with Crippen LogP contribution < -0.4 is 14.8 Å². The predicted octanol–water partition coefficient (Wildman–Crippen LogP) is 6.02. The molecule has 4 rings (SSSR count). The van der Waals surface area contributed by atoms with Crippen LogP contribution in [0.25, 0.3) is 10.6 Å². The molecule has 2 aromatic carbocycles. The van der Waals surface area contributed by atoms with Crippen LogP contribution in [-0.4, -0.2) is 29.4 Å². The van der Waals surface area contributed by atoms with Crippen molar-refractivity contribution in [1.82, 2.24) is 15.2 Å². The smallest absolute Gasteiger partial charge is 0.210 e. The van der Waals surface area contributed by atoms with Gasteiger partial charge in [0.1, 0.15) is 5.01 Å². The van der Waals surface area contributed by atoms with Crippen LogP contribution in [0.2, 0.25) is 0 Å². The van der Waals surface area contributed by atoms with Crippen LogP contribution in [0, 0.1) is 6.92 Å². The molecule has 0 saturated heterocycles. The minimum Gasteiger partial charge on any atom is -0.493 e. The third-order valence-electron chi connectivity index (χ3n) is 4.24. The maximum absolute atomic E-state index is 5.53. The summed E-state index contributed by atoms with van der Waals surface area (Å²) >= 11 is 4.75. The first-order valence-electron chi connectivity index (χ1n) is 9.12. The summed E-state index contributed by atoms with van der Waals surface area (Å²) in [5.41, 5.74) is 4.15. The lowest BCUT2D eigenvalue weighted by molar-refractivity contribution is 0.356. The molecule has 6 nitrogen and oxygen atoms in total. The van der Waals surface area contributed by atoms with E-state index in [0.717, 1.165) is 37.2 Å². The fourth-order valence-corrected chi connectivity index (χ4v) is 5.38. The molecule has 0 aliphatic carbocycles. The molecule has 0 unspecified atom stereocenters. The van der Waals surface area contributed by atoms with Crippen LogP contribution >= 0.6 is 34.4 Å². The van der Waals surface area contributed by atoms with Gasteiger partial charge in [-0.05, 0) is 31.2 Å². The van der Waals surface area contributed by atoms with Crippen LogP contribution in [0.5, 0.6) is 11.5 Å². The number of rotatable bonds is 8. The van der Waals surface area contributed by atoms with Crippen LogP contribution in [0.1, 0.15) is 11.3 Å². The van der Waals surface area contributed by atoms with Crippen LogP contribution in [-0.2, 0) is 5.75 Å². The average molecular weight is 457 g/mol. The van der Waals surface area contributed by atoms with Crippen LogP contribution in [0.15, 0.2) is 52.2 Å². The minimum absolute atomic E-state index is 0.698. The van der Waals surface area contributed by atoms with E-state index in [1.165, 1.54) is 16.9 Å². The third kappa shape index (κ3) is 4.75. The molecular formula is C21H20N4O2S3. The number of benzene rings is 2. The molecule has 0 fully saturated rings. The number of aryl methyl sites for hydroxylation is 1. The van der Waals surface area contributed by atoms with Gasteiger partial charge in [-0.3, -0.25) is 0 Å². The number of hydrogen-bond acceptors (Lipinski definition) is 9. The van der Waals surface area contributed by atoms with Gasteiger partial charge >= 0.3 is 0 Å². The molecular weight excluding hydrogens is 436 g/mol. The third-order valence-corrected chi connectivity index (χ3v) is 7.17. The number of ether oxygens (including phenoxy) is 2. The second-order valence-electron chi connectivity index (χ2n) is 6.34.